The predicted molar refractivity (Wildman–Crippen MR) is 160 cm³/mol. The summed E-state index contributed by atoms with van der Waals surface area (Å²) in [5, 5.41) is 49.4. The van der Waals surface area contributed by atoms with Crippen LogP contribution < -0.4 is 11.1 Å². The van der Waals surface area contributed by atoms with Gasteiger partial charge in [0.25, 0.3) is 11.8 Å². The van der Waals surface area contributed by atoms with E-state index < -0.39 is 46.5 Å². The first-order valence-corrected chi connectivity index (χ1v) is 14.8. The summed E-state index contributed by atoms with van der Waals surface area (Å²) in [4.78, 5) is 60.3. The molecule has 2 amide bonds. The molecule has 2 aromatic heterocycles. The number of phenolic OH excluding ortho intramolecular Hbond substituents is 2. The molecule has 16 nitrogen and oxygen atoms in total. The minimum atomic E-state index is -1.79. The summed E-state index contributed by atoms with van der Waals surface area (Å²) in [5.41, 5.74) is 4.31. The van der Waals surface area contributed by atoms with Gasteiger partial charge in [0, 0.05) is 22.8 Å². The van der Waals surface area contributed by atoms with Gasteiger partial charge in [-0.15, -0.1) is 23.1 Å². The van der Waals surface area contributed by atoms with E-state index in [4.69, 9.17) is 15.1 Å². The lowest BCUT2D eigenvalue weighted by Crippen LogP contribution is -2.71. The van der Waals surface area contributed by atoms with Crippen LogP contribution in [0.15, 0.2) is 56.7 Å². The summed E-state index contributed by atoms with van der Waals surface area (Å²) in [5.74, 6) is -4.52. The van der Waals surface area contributed by atoms with Crippen LogP contribution in [0.4, 0.5) is 5.13 Å². The Kier molecular flexibility index (Phi) is 8.26. The highest BCUT2D eigenvalue weighted by Crippen LogP contribution is 2.41. The lowest BCUT2D eigenvalue weighted by molar-refractivity contribution is -0.161. The number of nitrogens with one attached hydrogen (secondary N) is 1. The first-order valence-electron chi connectivity index (χ1n) is 12.9. The summed E-state index contributed by atoms with van der Waals surface area (Å²) >= 11 is 2.21. The molecule has 3 aromatic rings. The van der Waals surface area contributed by atoms with Crippen molar-refractivity contribution in [3.63, 3.8) is 0 Å². The monoisotopic (exact) mass is 656 g/mol. The number of carbonyl (C=O) groups excluding carboxylic acids is 2. The number of anilines is 1. The van der Waals surface area contributed by atoms with Crippen molar-refractivity contribution < 1.29 is 49.0 Å². The number of phenols is 2. The molecular weight excluding hydrogens is 632 g/mol. The first-order chi connectivity index (χ1) is 21.3. The van der Waals surface area contributed by atoms with Crippen molar-refractivity contribution in [2.24, 2.45) is 5.16 Å². The molecule has 5 rings (SSSR count). The van der Waals surface area contributed by atoms with E-state index in [9.17, 15) is 39.6 Å². The molecule has 0 saturated carbocycles. The van der Waals surface area contributed by atoms with Crippen molar-refractivity contribution in [2.75, 3.05) is 11.5 Å². The molecule has 1 saturated heterocycles. The van der Waals surface area contributed by atoms with Gasteiger partial charge in [0.15, 0.2) is 28.1 Å². The van der Waals surface area contributed by atoms with Crippen molar-refractivity contribution in [3.8, 4) is 22.8 Å². The number of hydrogen-bond acceptors (Lipinski definition) is 14. The Morgan fingerprint density at radius 2 is 1.96 bits per heavy atom. The number of aromatic hydroxyl groups is 2. The number of nitrogens with zero attached hydrogens (tertiary/aromatic N) is 4. The Bertz CT molecular complexity index is 1810. The molecule has 7 N–H and O–H groups in total. The maximum Gasteiger partial charge on any atom is 0.352 e. The maximum absolute atomic E-state index is 13.2. The number of carboxylic acids is 2. The Labute approximate surface area is 261 Å². The smallest absolute Gasteiger partial charge is 0.352 e. The van der Waals surface area contributed by atoms with Gasteiger partial charge >= 0.3 is 11.9 Å². The van der Waals surface area contributed by atoms with Gasteiger partial charge in [0.05, 0.1) is 0 Å². The highest BCUT2D eigenvalue weighted by atomic mass is 32.2. The predicted octanol–water partition coefficient (Wildman–Crippen LogP) is 1.83. The molecule has 45 heavy (non-hydrogen) atoms. The van der Waals surface area contributed by atoms with E-state index >= 15 is 0 Å². The number of oxime groups is 1. The number of carboxylic acid groups (broad SMARTS) is 2. The van der Waals surface area contributed by atoms with Gasteiger partial charge in [-0.05, 0) is 43.7 Å². The number of fused-ring (bicyclic) bond motifs is 1. The number of β-lactam (4-membered cyclic amide) rings is 1. The van der Waals surface area contributed by atoms with E-state index in [0.29, 0.717) is 16.8 Å². The summed E-state index contributed by atoms with van der Waals surface area (Å²) in [7, 11) is 0. The first kappa shape index (κ1) is 31.1. The minimum Gasteiger partial charge on any atom is -0.504 e. The van der Waals surface area contributed by atoms with E-state index in [0.717, 1.165) is 16.2 Å². The summed E-state index contributed by atoms with van der Waals surface area (Å²) in [6.45, 7) is 2.45. The number of nitrogen functional groups attached to an aromatic ring is 1. The molecule has 18 heteroatoms. The molecule has 234 valence electrons. The molecule has 4 heterocycles. The van der Waals surface area contributed by atoms with Gasteiger partial charge in [0.1, 0.15) is 28.5 Å². The average molecular weight is 657 g/mol. The Morgan fingerprint density at radius 1 is 1.20 bits per heavy atom. The van der Waals surface area contributed by atoms with Crippen LogP contribution >= 0.6 is 23.1 Å². The van der Waals surface area contributed by atoms with Gasteiger partial charge in [-0.25, -0.2) is 14.6 Å². The van der Waals surface area contributed by atoms with Crippen LogP contribution in [-0.4, -0.2) is 87.7 Å². The number of aromatic nitrogens is 2. The normalized spacial score (nSPS) is 18.5. The lowest BCUT2D eigenvalue weighted by atomic mass is 10.0. The highest BCUT2D eigenvalue weighted by molar-refractivity contribution is 8.00. The van der Waals surface area contributed by atoms with Crippen LogP contribution in [0.5, 0.6) is 11.5 Å². The molecule has 2 aliphatic heterocycles. The van der Waals surface area contributed by atoms with E-state index in [1.165, 1.54) is 61.3 Å². The molecular formula is C27H24N6O10S2. The van der Waals surface area contributed by atoms with Crippen molar-refractivity contribution in [1.29, 1.82) is 0 Å². The van der Waals surface area contributed by atoms with Gasteiger partial charge < -0.3 is 40.8 Å². The maximum atomic E-state index is 13.2. The zero-order valence-corrected chi connectivity index (χ0v) is 25.0. The van der Waals surface area contributed by atoms with E-state index in [1.54, 1.807) is 6.07 Å². The van der Waals surface area contributed by atoms with Crippen molar-refractivity contribution in [1.82, 2.24) is 20.4 Å². The molecule has 0 radical (unpaired) electrons. The number of nitrogens with two attached hydrogens (primary N) is 1. The molecule has 1 fully saturated rings. The number of hydrogen-bond donors (Lipinski definition) is 6. The van der Waals surface area contributed by atoms with E-state index in [-0.39, 0.29) is 39.5 Å². The summed E-state index contributed by atoms with van der Waals surface area (Å²) in [6, 6.07) is 4.54. The van der Waals surface area contributed by atoms with Crippen molar-refractivity contribution >= 4 is 63.8 Å². The van der Waals surface area contributed by atoms with E-state index in [2.05, 4.69) is 20.6 Å². The molecule has 1 aromatic carbocycles. The zero-order chi connectivity index (χ0) is 32.6. The summed E-state index contributed by atoms with van der Waals surface area (Å²) in [6.07, 6.45) is 2.95. The highest BCUT2D eigenvalue weighted by Gasteiger charge is 2.54. The van der Waals surface area contributed by atoms with Crippen molar-refractivity contribution in [3.05, 3.63) is 58.4 Å². The fraction of sp³-hybridized carbons (Fsp3) is 0.222. The molecule has 2 atom stereocenters. The van der Waals surface area contributed by atoms with Gasteiger partial charge in [-0.2, -0.15) is 0 Å². The number of benzene rings is 1. The number of amides is 2. The third kappa shape index (κ3) is 6.18. The van der Waals surface area contributed by atoms with Gasteiger partial charge in [0.2, 0.25) is 5.60 Å². The van der Waals surface area contributed by atoms with Crippen LogP contribution in [0.25, 0.3) is 17.3 Å². The summed E-state index contributed by atoms with van der Waals surface area (Å²) < 4.78 is 5.28. The fourth-order valence-corrected chi connectivity index (χ4v) is 6.02. The largest absolute Gasteiger partial charge is 0.504 e. The lowest BCUT2D eigenvalue weighted by Gasteiger charge is -2.49. The zero-order valence-electron chi connectivity index (χ0n) is 23.3. The quantitative estimate of drug-likeness (QED) is 0.0788. The number of aliphatic carboxylic acids is 2. The average Bonchev–Trinajstić information content (AvgIpc) is 3.64. The van der Waals surface area contributed by atoms with Crippen LogP contribution in [0.1, 0.15) is 25.3 Å². The molecule has 0 spiro atoms. The third-order valence-corrected chi connectivity index (χ3v) is 8.57. The van der Waals surface area contributed by atoms with Gasteiger partial charge in [-0.3, -0.25) is 14.5 Å². The Balaban J connectivity index is 1.33. The molecule has 0 unspecified atom stereocenters. The fourth-order valence-electron chi connectivity index (χ4n) is 4.15. The van der Waals surface area contributed by atoms with Crippen LogP contribution in [0.3, 0.4) is 0 Å². The molecule has 0 bridgehead atoms. The standard InChI is InChI=1S/C27H24N6O10S2/c1-27(2,25(40)41)43-32-18(15-10-45-26(28)29-15)21(36)30-19-22(37)33-20(24(38)39)12(9-44-23(19)33)3-5-13-8-14(31-42-13)11-4-6-16(34)17(35)7-11/h3-8,10,19,23,34-35H,9H2,1-2H3,(H2,28,29)(H,30,36)(H,38,39)(H,40,41)/b5-3+,32-18+/t19-,23-/m1/s1. The number of thioether (sulfide) groups is 1. The molecule has 2 aliphatic rings. The Hall–Kier alpha value is -5.36. The number of thiazole rings is 1. The van der Waals surface area contributed by atoms with E-state index in [1.807, 2.05) is 0 Å². The second kappa shape index (κ2) is 12.0. The molecule has 0 aliphatic carbocycles. The van der Waals surface area contributed by atoms with Crippen LogP contribution in [0.2, 0.25) is 0 Å². The Morgan fingerprint density at radius 3 is 2.60 bits per heavy atom. The van der Waals surface area contributed by atoms with Gasteiger partial charge in [-0.1, -0.05) is 16.4 Å². The van der Waals surface area contributed by atoms with Crippen molar-refractivity contribution in [2.45, 2.75) is 30.9 Å². The number of carbonyl (C=O) groups is 4. The third-order valence-electron chi connectivity index (χ3n) is 6.60. The second-order valence-electron chi connectivity index (χ2n) is 10.1. The van der Waals surface area contributed by atoms with Crippen LogP contribution in [0, 0.1) is 0 Å². The minimum absolute atomic E-state index is 0.00700. The number of rotatable bonds is 10. The topological polar surface area (TPSA) is 251 Å². The second-order valence-corrected chi connectivity index (χ2v) is 12.1. The number of allylic oxidation sites excluding steroid dienone is 1. The SMILES string of the molecule is CC(C)(O/N=C(/C(=O)N[C@@H]1C(=O)N2C(C(=O)O)=C(/C=C/c3cc(-c4ccc(O)c(O)c4)no3)CS[C@H]12)c1csc(N)n1)C(=O)O. The van der Waals surface area contributed by atoms with Crippen LogP contribution in [-0.2, 0) is 24.0 Å².